The van der Waals surface area contributed by atoms with E-state index in [2.05, 4.69) is 15.9 Å². The molecule has 0 fully saturated rings. The lowest BCUT2D eigenvalue weighted by Crippen LogP contribution is -2.36. The van der Waals surface area contributed by atoms with Crippen molar-refractivity contribution in [2.24, 2.45) is 0 Å². The molecule has 1 rings (SSSR count). The smallest absolute Gasteiger partial charge is 0.253 e. The fraction of sp³-hybridized carbons (Fsp3) is 0.417. The van der Waals surface area contributed by atoms with Crippen LogP contribution in [0.2, 0.25) is 0 Å². The number of carbonyl (C=O) groups excluding carboxylic acids is 1. The number of rotatable bonds is 5. The van der Waals surface area contributed by atoms with E-state index in [1.807, 2.05) is 0 Å². The standard InChI is InChI=1S/C12H15BrFNO3/c1-15(6-9(16)7-18-2)12(17)8-3-4-11(14)10(13)5-8/h3-5,9,16H,6-7H2,1-2H3. The van der Waals surface area contributed by atoms with Crippen molar-refractivity contribution in [3.8, 4) is 0 Å². The van der Waals surface area contributed by atoms with Gasteiger partial charge in [0.2, 0.25) is 0 Å². The molecule has 1 aromatic rings. The maximum absolute atomic E-state index is 13.0. The minimum absolute atomic E-state index is 0.154. The number of likely N-dealkylation sites (N-methyl/N-ethyl adjacent to an activating group) is 1. The second-order valence-corrected chi connectivity index (χ2v) is 4.78. The Morgan fingerprint density at radius 2 is 2.28 bits per heavy atom. The minimum atomic E-state index is -0.743. The molecule has 4 nitrogen and oxygen atoms in total. The highest BCUT2D eigenvalue weighted by atomic mass is 79.9. The summed E-state index contributed by atoms with van der Waals surface area (Å²) in [6, 6.07) is 4.04. The Balaban J connectivity index is 2.71. The van der Waals surface area contributed by atoms with Crippen LogP contribution < -0.4 is 0 Å². The van der Waals surface area contributed by atoms with Gasteiger partial charge < -0.3 is 14.7 Å². The van der Waals surface area contributed by atoms with E-state index in [9.17, 15) is 14.3 Å². The summed E-state index contributed by atoms with van der Waals surface area (Å²) >= 11 is 3.02. The van der Waals surface area contributed by atoms with Gasteiger partial charge in [0.25, 0.3) is 5.91 Å². The number of amides is 1. The average Bonchev–Trinajstić information content (AvgIpc) is 2.32. The van der Waals surface area contributed by atoms with E-state index in [0.717, 1.165) is 0 Å². The second-order valence-electron chi connectivity index (χ2n) is 3.92. The van der Waals surface area contributed by atoms with Gasteiger partial charge in [0.15, 0.2) is 0 Å². The number of ether oxygens (including phenoxy) is 1. The summed E-state index contributed by atoms with van der Waals surface area (Å²) < 4.78 is 18.1. The Labute approximate surface area is 113 Å². The van der Waals surface area contributed by atoms with Crippen LogP contribution in [0.1, 0.15) is 10.4 Å². The third-order valence-corrected chi connectivity index (χ3v) is 2.96. The van der Waals surface area contributed by atoms with E-state index in [0.29, 0.717) is 5.56 Å². The first-order valence-electron chi connectivity index (χ1n) is 5.33. The zero-order valence-electron chi connectivity index (χ0n) is 10.2. The zero-order valence-corrected chi connectivity index (χ0v) is 11.8. The van der Waals surface area contributed by atoms with E-state index in [1.165, 1.54) is 30.2 Å². The van der Waals surface area contributed by atoms with Gasteiger partial charge >= 0.3 is 0 Å². The second kappa shape index (κ2) is 6.82. The van der Waals surface area contributed by atoms with Crippen LogP contribution in [0.4, 0.5) is 4.39 Å². The van der Waals surface area contributed by atoms with Crippen molar-refractivity contribution in [2.45, 2.75) is 6.10 Å². The number of benzene rings is 1. The molecule has 0 saturated carbocycles. The first-order chi connectivity index (χ1) is 8.45. The number of aliphatic hydroxyl groups excluding tert-OH is 1. The van der Waals surface area contributed by atoms with Crippen molar-refractivity contribution in [3.63, 3.8) is 0 Å². The zero-order chi connectivity index (χ0) is 13.7. The Hall–Kier alpha value is -0.980. The van der Waals surface area contributed by atoms with Crippen LogP contribution in [0.15, 0.2) is 22.7 Å². The number of carbonyl (C=O) groups is 1. The SMILES string of the molecule is COCC(O)CN(C)C(=O)c1ccc(F)c(Br)c1. The lowest BCUT2D eigenvalue weighted by molar-refractivity contribution is 0.0380. The van der Waals surface area contributed by atoms with E-state index >= 15 is 0 Å². The molecule has 1 atom stereocenters. The van der Waals surface area contributed by atoms with Crippen molar-refractivity contribution in [3.05, 3.63) is 34.1 Å². The molecule has 18 heavy (non-hydrogen) atoms. The molecule has 0 aliphatic heterocycles. The lowest BCUT2D eigenvalue weighted by atomic mass is 10.2. The molecular weight excluding hydrogens is 305 g/mol. The quantitative estimate of drug-likeness (QED) is 0.898. The van der Waals surface area contributed by atoms with Crippen LogP contribution >= 0.6 is 15.9 Å². The molecule has 1 N–H and O–H groups in total. The number of methoxy groups -OCH3 is 1. The largest absolute Gasteiger partial charge is 0.389 e. The molecule has 0 spiro atoms. The van der Waals surface area contributed by atoms with Crippen LogP contribution in [0.25, 0.3) is 0 Å². The molecule has 0 heterocycles. The number of hydrogen-bond donors (Lipinski definition) is 1. The van der Waals surface area contributed by atoms with Crippen LogP contribution in [-0.4, -0.2) is 49.3 Å². The van der Waals surface area contributed by atoms with Gasteiger partial charge in [0.1, 0.15) is 5.82 Å². The summed E-state index contributed by atoms with van der Waals surface area (Å²) in [5, 5.41) is 9.53. The van der Waals surface area contributed by atoms with Crippen molar-refractivity contribution in [1.29, 1.82) is 0 Å². The Kier molecular flexibility index (Phi) is 5.71. The highest BCUT2D eigenvalue weighted by molar-refractivity contribution is 9.10. The number of aliphatic hydroxyl groups is 1. The predicted molar refractivity (Wildman–Crippen MR) is 68.9 cm³/mol. The molecule has 1 amide bonds. The molecule has 0 radical (unpaired) electrons. The summed E-state index contributed by atoms with van der Waals surface area (Å²) in [4.78, 5) is 13.3. The van der Waals surface area contributed by atoms with Gasteiger partial charge in [-0.2, -0.15) is 0 Å². The molecule has 0 aromatic heterocycles. The normalized spacial score (nSPS) is 12.3. The maximum Gasteiger partial charge on any atom is 0.253 e. The first-order valence-corrected chi connectivity index (χ1v) is 6.12. The van der Waals surface area contributed by atoms with Gasteiger partial charge in [-0.1, -0.05) is 0 Å². The van der Waals surface area contributed by atoms with Gasteiger partial charge in [-0.25, -0.2) is 4.39 Å². The van der Waals surface area contributed by atoms with Crippen LogP contribution in [0.5, 0.6) is 0 Å². The number of halogens is 2. The fourth-order valence-corrected chi connectivity index (χ4v) is 1.87. The van der Waals surface area contributed by atoms with E-state index in [-0.39, 0.29) is 23.5 Å². The van der Waals surface area contributed by atoms with Gasteiger partial charge in [0, 0.05) is 26.3 Å². The van der Waals surface area contributed by atoms with Gasteiger partial charge in [0.05, 0.1) is 17.2 Å². The van der Waals surface area contributed by atoms with Gasteiger partial charge in [-0.15, -0.1) is 0 Å². The molecule has 0 aliphatic rings. The average molecular weight is 320 g/mol. The molecule has 1 aromatic carbocycles. The Morgan fingerprint density at radius 3 is 2.83 bits per heavy atom. The van der Waals surface area contributed by atoms with E-state index in [1.54, 1.807) is 7.05 Å². The third kappa shape index (κ3) is 4.04. The highest BCUT2D eigenvalue weighted by Crippen LogP contribution is 2.17. The molecular formula is C12H15BrFNO3. The third-order valence-electron chi connectivity index (χ3n) is 2.36. The molecule has 1 unspecified atom stereocenters. The number of hydrogen-bond acceptors (Lipinski definition) is 3. The van der Waals surface area contributed by atoms with Crippen LogP contribution in [-0.2, 0) is 4.74 Å². The predicted octanol–water partition coefficient (Wildman–Crippen LogP) is 1.67. The molecule has 0 aliphatic carbocycles. The Morgan fingerprint density at radius 1 is 1.61 bits per heavy atom. The van der Waals surface area contributed by atoms with Gasteiger partial charge in [-0.05, 0) is 34.1 Å². The molecule has 0 bridgehead atoms. The number of nitrogens with zero attached hydrogens (tertiary/aromatic N) is 1. The summed E-state index contributed by atoms with van der Waals surface area (Å²) in [5.41, 5.74) is 0.357. The minimum Gasteiger partial charge on any atom is -0.389 e. The molecule has 0 saturated heterocycles. The van der Waals surface area contributed by atoms with E-state index < -0.39 is 11.9 Å². The molecule has 6 heteroatoms. The van der Waals surface area contributed by atoms with Crippen LogP contribution in [0, 0.1) is 5.82 Å². The van der Waals surface area contributed by atoms with E-state index in [4.69, 9.17) is 4.74 Å². The van der Waals surface area contributed by atoms with Crippen molar-refractivity contribution < 1.29 is 19.0 Å². The topological polar surface area (TPSA) is 49.8 Å². The maximum atomic E-state index is 13.0. The van der Waals surface area contributed by atoms with Crippen molar-refractivity contribution >= 4 is 21.8 Å². The van der Waals surface area contributed by atoms with Crippen molar-refractivity contribution in [1.82, 2.24) is 4.90 Å². The Bertz CT molecular complexity index is 428. The van der Waals surface area contributed by atoms with Gasteiger partial charge in [-0.3, -0.25) is 4.79 Å². The first kappa shape index (κ1) is 15.1. The molecule has 100 valence electrons. The van der Waals surface area contributed by atoms with Crippen LogP contribution in [0.3, 0.4) is 0 Å². The monoisotopic (exact) mass is 319 g/mol. The summed E-state index contributed by atoms with van der Waals surface area (Å²) in [6.45, 7) is 0.312. The fourth-order valence-electron chi connectivity index (χ4n) is 1.49. The summed E-state index contributed by atoms with van der Waals surface area (Å²) in [5.74, 6) is -0.709. The lowest BCUT2D eigenvalue weighted by Gasteiger charge is -2.20. The highest BCUT2D eigenvalue weighted by Gasteiger charge is 2.16. The summed E-state index contributed by atoms with van der Waals surface area (Å²) in [6.07, 6.45) is -0.743. The summed E-state index contributed by atoms with van der Waals surface area (Å²) in [7, 11) is 3.04. The van der Waals surface area contributed by atoms with Crippen molar-refractivity contribution in [2.75, 3.05) is 27.3 Å².